The van der Waals surface area contributed by atoms with E-state index in [9.17, 15) is 10.1 Å². The van der Waals surface area contributed by atoms with Gasteiger partial charge in [-0.25, -0.2) is 0 Å². The molecule has 0 radical (unpaired) electrons. The van der Waals surface area contributed by atoms with E-state index in [1.807, 2.05) is 13.0 Å². The van der Waals surface area contributed by atoms with Gasteiger partial charge in [0.15, 0.2) is 0 Å². The third kappa shape index (κ3) is 1.74. The Morgan fingerprint density at radius 1 is 1.33 bits per heavy atom. The van der Waals surface area contributed by atoms with Gasteiger partial charge in [0.25, 0.3) is 5.69 Å². The van der Waals surface area contributed by atoms with Crippen molar-refractivity contribution in [3.8, 4) is 11.1 Å². The number of nitro benzene ring substituents is 1. The molecule has 2 rings (SSSR count). The van der Waals surface area contributed by atoms with Crippen LogP contribution in [-0.2, 0) is 0 Å². The molecule has 1 heterocycles. The highest BCUT2D eigenvalue weighted by Crippen LogP contribution is 2.29. The molecule has 0 spiro atoms. The quantitative estimate of drug-likeness (QED) is 0.601. The molecule has 1 N–H and O–H groups in total. The average molecular weight is 202 g/mol. The lowest BCUT2D eigenvalue weighted by atomic mass is 10.1. The molecule has 0 aliphatic rings. The standard InChI is InChI=1S/C11H10N2O2/c1-8-6-9(7-12-8)10-4-2-3-5-11(10)13(14)15/h2-7,12H,1H3. The monoisotopic (exact) mass is 202 g/mol. The molecule has 0 amide bonds. The molecule has 76 valence electrons. The molecule has 2 aromatic rings. The molecule has 0 atom stereocenters. The van der Waals surface area contributed by atoms with Crippen LogP contribution in [0.2, 0.25) is 0 Å². The van der Waals surface area contributed by atoms with Crippen LogP contribution in [0.15, 0.2) is 36.5 Å². The fourth-order valence-electron chi connectivity index (χ4n) is 1.54. The Morgan fingerprint density at radius 3 is 2.67 bits per heavy atom. The second-order valence-electron chi connectivity index (χ2n) is 3.35. The van der Waals surface area contributed by atoms with Crippen LogP contribution in [0.1, 0.15) is 5.69 Å². The zero-order valence-corrected chi connectivity index (χ0v) is 8.23. The smallest absolute Gasteiger partial charge is 0.277 e. The molecular weight excluding hydrogens is 192 g/mol. The van der Waals surface area contributed by atoms with Gasteiger partial charge in [-0.1, -0.05) is 12.1 Å². The van der Waals surface area contributed by atoms with Gasteiger partial charge in [0, 0.05) is 23.5 Å². The summed E-state index contributed by atoms with van der Waals surface area (Å²) in [4.78, 5) is 13.4. The number of hydrogen-bond donors (Lipinski definition) is 1. The number of aromatic amines is 1. The minimum atomic E-state index is -0.363. The zero-order chi connectivity index (χ0) is 10.8. The summed E-state index contributed by atoms with van der Waals surface area (Å²) >= 11 is 0. The van der Waals surface area contributed by atoms with Crippen molar-refractivity contribution < 1.29 is 4.92 Å². The zero-order valence-electron chi connectivity index (χ0n) is 8.23. The van der Waals surface area contributed by atoms with Crippen molar-refractivity contribution in [2.45, 2.75) is 6.92 Å². The topological polar surface area (TPSA) is 58.9 Å². The molecule has 1 aromatic carbocycles. The number of benzene rings is 1. The Hall–Kier alpha value is -2.10. The molecule has 0 saturated heterocycles. The summed E-state index contributed by atoms with van der Waals surface area (Å²) < 4.78 is 0. The Bertz CT molecular complexity index is 503. The summed E-state index contributed by atoms with van der Waals surface area (Å²) in [6.07, 6.45) is 1.78. The van der Waals surface area contributed by atoms with Crippen molar-refractivity contribution in [1.29, 1.82) is 0 Å². The fourth-order valence-corrected chi connectivity index (χ4v) is 1.54. The molecule has 4 heteroatoms. The summed E-state index contributed by atoms with van der Waals surface area (Å²) in [5.74, 6) is 0. The van der Waals surface area contributed by atoms with Gasteiger partial charge < -0.3 is 4.98 Å². The predicted molar refractivity (Wildman–Crippen MR) is 57.6 cm³/mol. The Balaban J connectivity index is 2.57. The second-order valence-corrected chi connectivity index (χ2v) is 3.35. The molecule has 1 aromatic heterocycles. The maximum absolute atomic E-state index is 10.8. The van der Waals surface area contributed by atoms with Crippen LogP contribution in [0.5, 0.6) is 0 Å². The second kappa shape index (κ2) is 3.57. The van der Waals surface area contributed by atoms with E-state index in [1.54, 1.807) is 24.4 Å². The molecule has 0 bridgehead atoms. The van der Waals surface area contributed by atoms with Crippen LogP contribution < -0.4 is 0 Å². The summed E-state index contributed by atoms with van der Waals surface area (Å²) in [7, 11) is 0. The number of hydrogen-bond acceptors (Lipinski definition) is 2. The maximum atomic E-state index is 10.8. The van der Waals surface area contributed by atoms with E-state index in [-0.39, 0.29) is 10.6 Å². The molecule has 4 nitrogen and oxygen atoms in total. The molecule has 15 heavy (non-hydrogen) atoms. The lowest BCUT2D eigenvalue weighted by Gasteiger charge is -1.98. The van der Waals surface area contributed by atoms with Gasteiger partial charge in [-0.15, -0.1) is 0 Å². The van der Waals surface area contributed by atoms with E-state index in [1.165, 1.54) is 6.07 Å². The minimum absolute atomic E-state index is 0.136. The largest absolute Gasteiger partial charge is 0.365 e. The van der Waals surface area contributed by atoms with E-state index in [4.69, 9.17) is 0 Å². The SMILES string of the molecule is Cc1cc(-c2ccccc2[N+](=O)[O-])c[nH]1. The summed E-state index contributed by atoms with van der Waals surface area (Å²) in [5.41, 5.74) is 2.62. The highest BCUT2D eigenvalue weighted by molar-refractivity contribution is 5.73. The molecule has 0 aliphatic carbocycles. The molecule has 0 unspecified atom stereocenters. The van der Waals surface area contributed by atoms with Crippen LogP contribution in [0.4, 0.5) is 5.69 Å². The first kappa shape index (κ1) is 9.45. The number of aryl methyl sites for hydroxylation is 1. The van der Waals surface area contributed by atoms with Crippen LogP contribution in [0, 0.1) is 17.0 Å². The first-order valence-electron chi connectivity index (χ1n) is 4.57. The van der Waals surface area contributed by atoms with Gasteiger partial charge in [0.2, 0.25) is 0 Å². The van der Waals surface area contributed by atoms with Crippen molar-refractivity contribution in [2.24, 2.45) is 0 Å². The summed E-state index contributed by atoms with van der Waals surface area (Å²) in [6, 6.07) is 8.62. The molecule has 0 fully saturated rings. The Kier molecular flexibility index (Phi) is 2.25. The number of nitrogens with one attached hydrogen (secondary N) is 1. The van der Waals surface area contributed by atoms with E-state index < -0.39 is 0 Å². The highest BCUT2D eigenvalue weighted by atomic mass is 16.6. The maximum Gasteiger partial charge on any atom is 0.277 e. The Labute approximate surface area is 86.7 Å². The van der Waals surface area contributed by atoms with Gasteiger partial charge in [-0.2, -0.15) is 0 Å². The predicted octanol–water partition coefficient (Wildman–Crippen LogP) is 2.90. The van der Waals surface area contributed by atoms with Crippen LogP contribution in [0.25, 0.3) is 11.1 Å². The Morgan fingerprint density at radius 2 is 2.07 bits per heavy atom. The lowest BCUT2D eigenvalue weighted by Crippen LogP contribution is -1.90. The molecule has 0 aliphatic heterocycles. The minimum Gasteiger partial charge on any atom is -0.365 e. The lowest BCUT2D eigenvalue weighted by molar-refractivity contribution is -0.384. The van der Waals surface area contributed by atoms with E-state index in [2.05, 4.69) is 4.98 Å². The van der Waals surface area contributed by atoms with Crippen molar-refractivity contribution in [2.75, 3.05) is 0 Å². The van der Waals surface area contributed by atoms with E-state index >= 15 is 0 Å². The van der Waals surface area contributed by atoms with Crippen molar-refractivity contribution in [1.82, 2.24) is 4.98 Å². The van der Waals surface area contributed by atoms with Crippen LogP contribution in [-0.4, -0.2) is 9.91 Å². The first-order chi connectivity index (χ1) is 7.18. The van der Waals surface area contributed by atoms with Crippen molar-refractivity contribution in [3.05, 3.63) is 52.3 Å². The first-order valence-corrected chi connectivity index (χ1v) is 4.57. The van der Waals surface area contributed by atoms with E-state index in [0.29, 0.717) is 5.56 Å². The van der Waals surface area contributed by atoms with Gasteiger partial charge >= 0.3 is 0 Å². The van der Waals surface area contributed by atoms with Gasteiger partial charge in [-0.3, -0.25) is 10.1 Å². The van der Waals surface area contributed by atoms with Crippen LogP contribution in [0.3, 0.4) is 0 Å². The number of nitrogens with zero attached hydrogens (tertiary/aromatic N) is 1. The normalized spacial score (nSPS) is 10.2. The summed E-state index contributed by atoms with van der Waals surface area (Å²) in [5, 5.41) is 10.8. The highest BCUT2D eigenvalue weighted by Gasteiger charge is 2.14. The van der Waals surface area contributed by atoms with E-state index in [0.717, 1.165) is 11.3 Å². The number of H-pyrrole nitrogens is 1. The number of rotatable bonds is 2. The van der Waals surface area contributed by atoms with Crippen LogP contribution >= 0.6 is 0 Å². The average Bonchev–Trinajstić information content (AvgIpc) is 2.65. The fraction of sp³-hybridized carbons (Fsp3) is 0.0909. The van der Waals surface area contributed by atoms with Gasteiger partial charge in [0.05, 0.1) is 10.5 Å². The van der Waals surface area contributed by atoms with Crippen molar-refractivity contribution in [3.63, 3.8) is 0 Å². The molecular formula is C11H10N2O2. The third-order valence-electron chi connectivity index (χ3n) is 2.24. The summed E-state index contributed by atoms with van der Waals surface area (Å²) in [6.45, 7) is 1.91. The number of para-hydroxylation sites is 1. The van der Waals surface area contributed by atoms with Crippen molar-refractivity contribution >= 4 is 5.69 Å². The van der Waals surface area contributed by atoms with Gasteiger partial charge in [0.1, 0.15) is 0 Å². The third-order valence-corrected chi connectivity index (χ3v) is 2.24. The van der Waals surface area contributed by atoms with Gasteiger partial charge in [-0.05, 0) is 19.1 Å². The number of aromatic nitrogens is 1. The molecule has 0 saturated carbocycles. The number of nitro groups is 1.